The summed E-state index contributed by atoms with van der Waals surface area (Å²) in [6, 6.07) is 5.79. The number of hydrogen-bond acceptors (Lipinski definition) is 1. The van der Waals surface area contributed by atoms with E-state index in [2.05, 4.69) is 0 Å². The van der Waals surface area contributed by atoms with Gasteiger partial charge < -0.3 is 4.74 Å². The van der Waals surface area contributed by atoms with Crippen LogP contribution in [0, 0.1) is 17.5 Å². The minimum absolute atomic E-state index is 0.175. The van der Waals surface area contributed by atoms with Crippen LogP contribution in [-0.2, 0) is 0 Å². The van der Waals surface area contributed by atoms with Gasteiger partial charge in [0.05, 0.1) is 12.5 Å². The SMILES string of the molecule is COc1cc(Cl)ccc1C(Cl)c1cc(F)c(F)cc1F. The molecule has 1 nitrogen and oxygen atoms in total. The molecule has 0 aliphatic rings. The Morgan fingerprint density at radius 2 is 1.60 bits per heavy atom. The second-order valence-electron chi connectivity index (χ2n) is 4.04. The van der Waals surface area contributed by atoms with E-state index in [4.69, 9.17) is 27.9 Å². The Morgan fingerprint density at radius 1 is 0.950 bits per heavy atom. The summed E-state index contributed by atoms with van der Waals surface area (Å²) in [5.41, 5.74) is 0.231. The Bertz CT molecular complexity index is 647. The molecule has 6 heteroatoms. The maximum atomic E-state index is 13.7. The van der Waals surface area contributed by atoms with Gasteiger partial charge in [-0.1, -0.05) is 17.7 Å². The van der Waals surface area contributed by atoms with Gasteiger partial charge in [0.1, 0.15) is 11.6 Å². The number of halogens is 5. The summed E-state index contributed by atoms with van der Waals surface area (Å²) in [5, 5.41) is -0.613. The largest absolute Gasteiger partial charge is 0.496 e. The maximum Gasteiger partial charge on any atom is 0.161 e. The molecule has 0 fully saturated rings. The van der Waals surface area contributed by atoms with Crippen molar-refractivity contribution in [1.82, 2.24) is 0 Å². The Hall–Kier alpha value is -1.39. The van der Waals surface area contributed by atoms with Crippen molar-refractivity contribution in [3.8, 4) is 5.75 Å². The molecule has 106 valence electrons. The first-order valence-electron chi connectivity index (χ1n) is 5.56. The molecule has 0 saturated carbocycles. The summed E-state index contributed by atoms with van der Waals surface area (Å²) >= 11 is 12.0. The summed E-state index contributed by atoms with van der Waals surface area (Å²) in [5.74, 6) is -3.03. The van der Waals surface area contributed by atoms with E-state index >= 15 is 0 Å². The first-order valence-corrected chi connectivity index (χ1v) is 6.37. The molecular weight excluding hydrogens is 312 g/mol. The van der Waals surface area contributed by atoms with E-state index in [1.165, 1.54) is 13.2 Å². The zero-order valence-electron chi connectivity index (χ0n) is 10.3. The molecule has 0 saturated heterocycles. The van der Waals surface area contributed by atoms with Crippen LogP contribution < -0.4 is 4.74 Å². The maximum absolute atomic E-state index is 13.7. The van der Waals surface area contributed by atoms with Crippen LogP contribution in [0.1, 0.15) is 16.5 Å². The summed E-state index contributed by atoms with van der Waals surface area (Å²) in [4.78, 5) is 0. The molecule has 2 aromatic rings. The average molecular weight is 321 g/mol. The third-order valence-corrected chi connectivity index (χ3v) is 3.49. The van der Waals surface area contributed by atoms with Gasteiger partial charge in [0.2, 0.25) is 0 Å². The van der Waals surface area contributed by atoms with Crippen LogP contribution in [0.25, 0.3) is 0 Å². The van der Waals surface area contributed by atoms with Crippen LogP contribution in [0.3, 0.4) is 0 Å². The highest BCUT2D eigenvalue weighted by Gasteiger charge is 2.21. The van der Waals surface area contributed by atoms with Gasteiger partial charge in [0.15, 0.2) is 11.6 Å². The van der Waals surface area contributed by atoms with E-state index in [1.807, 2.05) is 0 Å². The van der Waals surface area contributed by atoms with Crippen LogP contribution in [0.2, 0.25) is 5.02 Å². The number of rotatable bonds is 3. The molecule has 0 heterocycles. The van der Waals surface area contributed by atoms with Gasteiger partial charge >= 0.3 is 0 Å². The molecule has 0 bridgehead atoms. The molecule has 1 unspecified atom stereocenters. The fourth-order valence-electron chi connectivity index (χ4n) is 1.79. The lowest BCUT2D eigenvalue weighted by Crippen LogP contribution is -2.02. The molecule has 0 aliphatic heterocycles. The number of ether oxygens (including phenoxy) is 1. The number of methoxy groups -OCH3 is 1. The van der Waals surface area contributed by atoms with Crippen molar-refractivity contribution in [1.29, 1.82) is 0 Å². The summed E-state index contributed by atoms with van der Waals surface area (Å²) in [6.45, 7) is 0. The molecule has 0 aliphatic carbocycles. The summed E-state index contributed by atoms with van der Waals surface area (Å²) < 4.78 is 45.0. The van der Waals surface area contributed by atoms with Gasteiger partial charge in [-0.25, -0.2) is 13.2 Å². The smallest absolute Gasteiger partial charge is 0.161 e. The van der Waals surface area contributed by atoms with Crippen molar-refractivity contribution in [2.75, 3.05) is 7.11 Å². The highest BCUT2D eigenvalue weighted by molar-refractivity contribution is 6.30. The van der Waals surface area contributed by atoms with Crippen molar-refractivity contribution in [2.45, 2.75) is 5.38 Å². The Labute approximate surface area is 123 Å². The third kappa shape index (κ3) is 2.86. The molecule has 0 N–H and O–H groups in total. The number of hydrogen-bond donors (Lipinski definition) is 0. The van der Waals surface area contributed by atoms with Crippen LogP contribution in [0.4, 0.5) is 13.2 Å². The van der Waals surface area contributed by atoms with Crippen LogP contribution in [0.15, 0.2) is 30.3 Å². The highest BCUT2D eigenvalue weighted by Crippen LogP contribution is 2.37. The topological polar surface area (TPSA) is 9.23 Å². The van der Waals surface area contributed by atoms with E-state index in [1.54, 1.807) is 12.1 Å². The molecule has 0 spiro atoms. The number of benzene rings is 2. The predicted octanol–water partition coefficient (Wildman–Crippen LogP) is 5.09. The lowest BCUT2D eigenvalue weighted by atomic mass is 10.0. The van der Waals surface area contributed by atoms with E-state index in [0.29, 0.717) is 22.4 Å². The third-order valence-electron chi connectivity index (χ3n) is 2.78. The van der Waals surface area contributed by atoms with E-state index in [9.17, 15) is 13.2 Å². The van der Waals surface area contributed by atoms with Gasteiger partial charge in [-0.15, -0.1) is 11.6 Å². The zero-order chi connectivity index (χ0) is 14.9. The minimum atomic E-state index is -1.27. The van der Waals surface area contributed by atoms with Gasteiger partial charge in [0, 0.05) is 22.2 Å². The molecule has 0 amide bonds. The lowest BCUT2D eigenvalue weighted by Gasteiger charge is -2.15. The molecule has 2 aromatic carbocycles. The monoisotopic (exact) mass is 320 g/mol. The van der Waals surface area contributed by atoms with Gasteiger partial charge in [-0.3, -0.25) is 0 Å². The van der Waals surface area contributed by atoms with E-state index in [0.717, 1.165) is 6.07 Å². The second-order valence-corrected chi connectivity index (χ2v) is 4.91. The predicted molar refractivity (Wildman–Crippen MR) is 72.0 cm³/mol. The molecular formula is C14H9Cl2F3O. The standard InChI is InChI=1S/C14H9Cl2F3O/c1-20-13-4-7(15)2-3-8(13)14(16)9-5-11(18)12(19)6-10(9)17/h2-6,14H,1H3. The van der Waals surface area contributed by atoms with Crippen molar-refractivity contribution < 1.29 is 17.9 Å². The van der Waals surface area contributed by atoms with Gasteiger partial charge in [-0.2, -0.15) is 0 Å². The van der Waals surface area contributed by atoms with Crippen molar-refractivity contribution in [3.63, 3.8) is 0 Å². The molecule has 20 heavy (non-hydrogen) atoms. The minimum Gasteiger partial charge on any atom is -0.496 e. The average Bonchev–Trinajstić information content (AvgIpc) is 2.42. The van der Waals surface area contributed by atoms with Crippen molar-refractivity contribution >= 4 is 23.2 Å². The Balaban J connectivity index is 2.51. The number of alkyl halides is 1. The molecule has 0 aromatic heterocycles. The summed E-state index contributed by atoms with van der Waals surface area (Å²) in [6.07, 6.45) is 0. The molecule has 0 radical (unpaired) electrons. The molecule has 2 rings (SSSR count). The first-order chi connectivity index (χ1) is 9.43. The highest BCUT2D eigenvalue weighted by atomic mass is 35.5. The van der Waals surface area contributed by atoms with Crippen LogP contribution >= 0.6 is 23.2 Å². The van der Waals surface area contributed by atoms with E-state index < -0.39 is 22.8 Å². The van der Waals surface area contributed by atoms with Crippen LogP contribution in [0.5, 0.6) is 5.75 Å². The zero-order valence-corrected chi connectivity index (χ0v) is 11.8. The van der Waals surface area contributed by atoms with Gasteiger partial charge in [-0.05, 0) is 18.2 Å². The van der Waals surface area contributed by atoms with Gasteiger partial charge in [0.25, 0.3) is 0 Å². The van der Waals surface area contributed by atoms with Crippen molar-refractivity contribution in [3.05, 3.63) is 63.9 Å². The molecule has 1 atom stereocenters. The quantitative estimate of drug-likeness (QED) is 0.565. The Morgan fingerprint density at radius 3 is 2.25 bits per heavy atom. The van der Waals surface area contributed by atoms with E-state index in [-0.39, 0.29) is 5.56 Å². The fraction of sp³-hybridized carbons (Fsp3) is 0.143. The second kappa shape index (κ2) is 5.94. The fourth-order valence-corrected chi connectivity index (χ4v) is 2.30. The normalized spacial score (nSPS) is 12.3. The van der Waals surface area contributed by atoms with Crippen LogP contribution in [-0.4, -0.2) is 7.11 Å². The Kier molecular flexibility index (Phi) is 4.45. The first kappa shape index (κ1) is 15.0. The van der Waals surface area contributed by atoms with Crippen molar-refractivity contribution in [2.24, 2.45) is 0 Å². The summed E-state index contributed by atoms with van der Waals surface area (Å²) in [7, 11) is 1.40. The lowest BCUT2D eigenvalue weighted by molar-refractivity contribution is 0.410.